The minimum absolute atomic E-state index is 0.129. The molecule has 1 rings (SSSR count). The van der Waals surface area contributed by atoms with Crippen molar-refractivity contribution in [2.45, 2.75) is 13.1 Å². The van der Waals surface area contributed by atoms with Crippen LogP contribution in [0.25, 0.3) is 0 Å². The number of carbonyl (C=O) groups excluding carboxylic acids is 2. The monoisotopic (exact) mass is 256 g/mol. The molecule has 0 amide bonds. The van der Waals surface area contributed by atoms with Crippen LogP contribution in [0.5, 0.6) is 0 Å². The van der Waals surface area contributed by atoms with Gasteiger partial charge in [0, 0.05) is 0 Å². The molecule has 82 valence electrons. The molecule has 0 unspecified atom stereocenters. The van der Waals surface area contributed by atoms with E-state index in [0.29, 0.717) is 21.2 Å². The number of hydrogen-bond donors (Lipinski definition) is 0. The molecule has 0 saturated heterocycles. The second kappa shape index (κ2) is 6.21. The molecule has 0 spiro atoms. The van der Waals surface area contributed by atoms with Crippen molar-refractivity contribution in [3.05, 3.63) is 33.3 Å². The molecule has 6 heteroatoms. The summed E-state index contributed by atoms with van der Waals surface area (Å²) < 4.78 is 0. The summed E-state index contributed by atoms with van der Waals surface area (Å²) in [6, 6.07) is 3.17. The van der Waals surface area contributed by atoms with Crippen LogP contribution in [0.1, 0.15) is 11.1 Å². The lowest BCUT2D eigenvalue weighted by atomic mass is 10.1. The molecule has 1 aromatic carbocycles. The van der Waals surface area contributed by atoms with E-state index in [9.17, 15) is 9.59 Å². The predicted octanol–water partition coefficient (Wildman–Crippen LogP) is 2.67. The van der Waals surface area contributed by atoms with Crippen molar-refractivity contribution in [3.8, 4) is 0 Å². The molecular weight excluding hydrogens is 251 g/mol. The fraction of sp³-hybridized carbons (Fsp3) is 0.200. The molecule has 0 aliphatic heterocycles. The first kappa shape index (κ1) is 12.6. The van der Waals surface area contributed by atoms with Crippen LogP contribution in [0, 0.1) is 0 Å². The van der Waals surface area contributed by atoms with Crippen LogP contribution in [-0.2, 0) is 22.7 Å². The van der Waals surface area contributed by atoms with E-state index >= 15 is 0 Å². The third-order valence-electron chi connectivity index (χ3n) is 1.87. The first-order valence-electron chi connectivity index (χ1n) is 4.23. The minimum Gasteiger partial charge on any atom is -0.211 e. The Hall–Kier alpha value is -1.44. The summed E-state index contributed by atoms with van der Waals surface area (Å²) in [7, 11) is 0. The average Bonchev–Trinajstić information content (AvgIpc) is 2.28. The number of aliphatic imine (C=N–C) groups is 2. The Balaban J connectivity index is 3.14. The van der Waals surface area contributed by atoms with E-state index in [1.54, 1.807) is 12.1 Å². The van der Waals surface area contributed by atoms with Gasteiger partial charge in [0.2, 0.25) is 12.2 Å². The second-order valence-corrected chi connectivity index (χ2v) is 3.66. The van der Waals surface area contributed by atoms with Crippen molar-refractivity contribution in [3.63, 3.8) is 0 Å². The van der Waals surface area contributed by atoms with Gasteiger partial charge in [-0.05, 0) is 23.3 Å². The Bertz CT molecular complexity index is 445. The highest BCUT2D eigenvalue weighted by Gasteiger charge is 2.06. The summed E-state index contributed by atoms with van der Waals surface area (Å²) in [5.74, 6) is 0. The van der Waals surface area contributed by atoms with Crippen molar-refractivity contribution in [2.75, 3.05) is 0 Å². The maximum atomic E-state index is 10.0. The van der Waals surface area contributed by atoms with Gasteiger partial charge in [-0.2, -0.15) is 0 Å². The Morgan fingerprint density at radius 2 is 1.31 bits per heavy atom. The van der Waals surface area contributed by atoms with Crippen LogP contribution >= 0.6 is 23.2 Å². The summed E-state index contributed by atoms with van der Waals surface area (Å²) in [6.45, 7) is 0.258. The lowest BCUT2D eigenvalue weighted by molar-refractivity contribution is 0.561. The molecule has 0 bridgehead atoms. The molecule has 0 N–H and O–H groups in total. The van der Waals surface area contributed by atoms with Crippen LogP contribution in [-0.4, -0.2) is 12.2 Å². The maximum Gasteiger partial charge on any atom is 0.235 e. The zero-order valence-corrected chi connectivity index (χ0v) is 9.55. The van der Waals surface area contributed by atoms with Gasteiger partial charge in [-0.15, -0.1) is 0 Å². The van der Waals surface area contributed by atoms with Gasteiger partial charge in [0.1, 0.15) is 0 Å². The predicted molar refractivity (Wildman–Crippen MR) is 60.1 cm³/mol. The third-order valence-corrected chi connectivity index (χ3v) is 2.59. The zero-order valence-electron chi connectivity index (χ0n) is 8.04. The summed E-state index contributed by atoms with van der Waals surface area (Å²) in [5, 5.41) is 0.716. The molecule has 0 atom stereocenters. The quantitative estimate of drug-likeness (QED) is 0.615. The molecule has 16 heavy (non-hydrogen) atoms. The number of halogens is 2. The van der Waals surface area contributed by atoms with E-state index in [1.165, 1.54) is 12.2 Å². The van der Waals surface area contributed by atoms with Crippen LogP contribution in [0.3, 0.4) is 0 Å². The maximum absolute atomic E-state index is 10.0. The Labute approximate surface area is 102 Å². The molecule has 0 aromatic heterocycles. The highest BCUT2D eigenvalue weighted by atomic mass is 35.5. The number of nitrogens with zero attached hydrogens (tertiary/aromatic N) is 2. The Kier molecular flexibility index (Phi) is 4.90. The normalized spacial score (nSPS) is 9.12. The van der Waals surface area contributed by atoms with Crippen molar-refractivity contribution >= 4 is 35.4 Å². The van der Waals surface area contributed by atoms with Gasteiger partial charge < -0.3 is 0 Å². The number of rotatable bonds is 4. The highest BCUT2D eigenvalue weighted by molar-refractivity contribution is 6.42. The van der Waals surface area contributed by atoms with Gasteiger partial charge in [0.15, 0.2) is 0 Å². The fourth-order valence-electron chi connectivity index (χ4n) is 1.16. The smallest absolute Gasteiger partial charge is 0.211 e. The molecule has 0 radical (unpaired) electrons. The molecule has 0 aliphatic rings. The molecular formula is C10H6Cl2N2O2. The molecule has 0 heterocycles. The topological polar surface area (TPSA) is 58.9 Å². The van der Waals surface area contributed by atoms with Gasteiger partial charge in [0.05, 0.1) is 23.1 Å². The number of isocyanates is 2. The minimum atomic E-state index is 0.129. The molecule has 0 saturated carbocycles. The lowest BCUT2D eigenvalue weighted by Crippen LogP contribution is -1.92. The summed E-state index contributed by atoms with van der Waals surface area (Å²) in [4.78, 5) is 26.9. The zero-order chi connectivity index (χ0) is 12.0. The average molecular weight is 257 g/mol. The molecule has 4 nitrogen and oxygen atoms in total. The highest BCUT2D eigenvalue weighted by Crippen LogP contribution is 2.26. The van der Waals surface area contributed by atoms with Crippen molar-refractivity contribution in [1.82, 2.24) is 0 Å². The van der Waals surface area contributed by atoms with Gasteiger partial charge in [-0.25, -0.2) is 19.6 Å². The Morgan fingerprint density at radius 1 is 0.938 bits per heavy atom. The van der Waals surface area contributed by atoms with Crippen LogP contribution < -0.4 is 0 Å². The van der Waals surface area contributed by atoms with E-state index in [-0.39, 0.29) is 13.1 Å². The standard InChI is InChI=1S/C10H6Cl2N2O2/c11-9-1-7(3-13-5-15)8(2-10(9)12)4-14-6-16/h1-2H,3-4H2. The molecule has 1 aromatic rings. The van der Waals surface area contributed by atoms with E-state index < -0.39 is 0 Å². The first-order chi connectivity index (χ1) is 7.69. The van der Waals surface area contributed by atoms with Crippen LogP contribution in [0.15, 0.2) is 22.1 Å². The summed E-state index contributed by atoms with van der Waals surface area (Å²) in [6.07, 6.45) is 2.85. The van der Waals surface area contributed by atoms with Crippen molar-refractivity contribution < 1.29 is 9.59 Å². The third kappa shape index (κ3) is 3.30. The molecule has 0 aliphatic carbocycles. The van der Waals surface area contributed by atoms with Crippen molar-refractivity contribution in [1.29, 1.82) is 0 Å². The summed E-state index contributed by atoms with van der Waals surface area (Å²) >= 11 is 11.6. The van der Waals surface area contributed by atoms with Gasteiger partial charge >= 0.3 is 0 Å². The van der Waals surface area contributed by atoms with Crippen LogP contribution in [0.4, 0.5) is 0 Å². The van der Waals surface area contributed by atoms with E-state index in [0.717, 1.165) is 0 Å². The number of hydrogen-bond acceptors (Lipinski definition) is 4. The summed E-state index contributed by atoms with van der Waals surface area (Å²) in [5.41, 5.74) is 1.36. The van der Waals surface area contributed by atoms with E-state index in [1.807, 2.05) is 0 Å². The van der Waals surface area contributed by atoms with Gasteiger partial charge in [-0.1, -0.05) is 23.2 Å². The Morgan fingerprint density at radius 3 is 1.62 bits per heavy atom. The second-order valence-electron chi connectivity index (χ2n) is 2.85. The number of benzene rings is 1. The largest absolute Gasteiger partial charge is 0.235 e. The van der Waals surface area contributed by atoms with E-state index in [2.05, 4.69) is 9.98 Å². The first-order valence-corrected chi connectivity index (χ1v) is 4.98. The molecule has 0 fully saturated rings. The van der Waals surface area contributed by atoms with E-state index in [4.69, 9.17) is 23.2 Å². The van der Waals surface area contributed by atoms with Gasteiger partial charge in [-0.3, -0.25) is 0 Å². The lowest BCUT2D eigenvalue weighted by Gasteiger charge is -2.06. The van der Waals surface area contributed by atoms with Crippen LogP contribution in [0.2, 0.25) is 10.0 Å². The fourth-order valence-corrected chi connectivity index (χ4v) is 1.53. The van der Waals surface area contributed by atoms with Gasteiger partial charge in [0.25, 0.3) is 0 Å². The SMILES string of the molecule is O=C=NCc1cc(Cl)c(Cl)cc1CN=C=O. The van der Waals surface area contributed by atoms with Crippen molar-refractivity contribution in [2.24, 2.45) is 9.98 Å².